The molecule has 0 spiro atoms. The van der Waals surface area contributed by atoms with Crippen LogP contribution >= 0.6 is 35.0 Å². The van der Waals surface area contributed by atoms with E-state index in [2.05, 4.69) is 11.3 Å². The molecule has 1 aromatic carbocycles. The number of nitrogens with zero attached hydrogens (tertiary/aromatic N) is 1. The molecule has 22 heavy (non-hydrogen) atoms. The normalized spacial score (nSPS) is 23.0. The molecule has 0 aliphatic carbocycles. The number of rotatable bonds is 4. The van der Waals surface area contributed by atoms with Crippen molar-refractivity contribution in [1.82, 2.24) is 5.43 Å². The summed E-state index contributed by atoms with van der Waals surface area (Å²) < 4.78 is 5.88. The predicted molar refractivity (Wildman–Crippen MR) is 92.0 cm³/mol. The molecular weight excluding hydrogens is 343 g/mol. The van der Waals surface area contributed by atoms with Crippen molar-refractivity contribution in [2.24, 2.45) is 5.92 Å². The highest BCUT2D eigenvalue weighted by Gasteiger charge is 2.49. The fraction of sp³-hybridized carbons (Fsp3) is 0.400. The van der Waals surface area contributed by atoms with Gasteiger partial charge in [-0.05, 0) is 36.9 Å². The number of amides is 1. The summed E-state index contributed by atoms with van der Waals surface area (Å²) in [5, 5.41) is 1.08. The average molecular weight is 359 g/mol. The molecular formula is C15H16Cl2N2O2S. The van der Waals surface area contributed by atoms with Crippen LogP contribution < -0.4 is 10.4 Å². The van der Waals surface area contributed by atoms with Crippen molar-refractivity contribution in [3.8, 4) is 12.3 Å². The summed E-state index contributed by atoms with van der Waals surface area (Å²) in [5.74, 6) is 2.50. The van der Waals surface area contributed by atoms with E-state index < -0.39 is 11.2 Å². The van der Waals surface area contributed by atoms with Gasteiger partial charge in [0, 0.05) is 10.9 Å². The van der Waals surface area contributed by atoms with Gasteiger partial charge >= 0.3 is 5.24 Å². The summed E-state index contributed by atoms with van der Waals surface area (Å²) >= 11 is 13.1. The minimum atomic E-state index is -0.939. The van der Waals surface area contributed by atoms with Crippen molar-refractivity contribution in [3.05, 3.63) is 28.2 Å². The van der Waals surface area contributed by atoms with Crippen LogP contribution in [0.5, 0.6) is 0 Å². The quantitative estimate of drug-likeness (QED) is 0.803. The van der Waals surface area contributed by atoms with E-state index in [1.165, 1.54) is 5.01 Å². The first-order chi connectivity index (χ1) is 10.3. The largest absolute Gasteiger partial charge is 0.333 e. The molecule has 118 valence electrons. The molecule has 0 saturated carbocycles. The van der Waals surface area contributed by atoms with Gasteiger partial charge in [-0.2, -0.15) is 5.43 Å². The van der Waals surface area contributed by atoms with E-state index in [9.17, 15) is 4.79 Å². The number of hydrazine groups is 1. The first-order valence-corrected chi connectivity index (χ1v) is 8.26. The van der Waals surface area contributed by atoms with Crippen molar-refractivity contribution in [1.29, 1.82) is 0 Å². The molecule has 2 rings (SSSR count). The number of carbonyl (C=O) groups is 1. The number of nitrogens with one attached hydrogen (secondary N) is 1. The summed E-state index contributed by atoms with van der Waals surface area (Å²) in [6, 6.07) is 4.93. The van der Waals surface area contributed by atoms with Crippen molar-refractivity contribution in [3.63, 3.8) is 0 Å². The Morgan fingerprint density at radius 3 is 2.64 bits per heavy atom. The van der Waals surface area contributed by atoms with E-state index in [4.69, 9.17) is 34.4 Å². The van der Waals surface area contributed by atoms with Crippen LogP contribution in [0.25, 0.3) is 0 Å². The molecule has 2 atom stereocenters. The molecule has 1 heterocycles. The van der Waals surface area contributed by atoms with Gasteiger partial charge in [0.15, 0.2) is 5.06 Å². The maximum atomic E-state index is 12.4. The van der Waals surface area contributed by atoms with Gasteiger partial charge in [-0.25, -0.2) is 5.01 Å². The van der Waals surface area contributed by atoms with Crippen LogP contribution in [0.3, 0.4) is 0 Å². The van der Waals surface area contributed by atoms with Crippen LogP contribution in [-0.4, -0.2) is 16.4 Å². The Morgan fingerprint density at radius 2 is 2.09 bits per heavy atom. The van der Waals surface area contributed by atoms with Crippen LogP contribution in [0.15, 0.2) is 18.2 Å². The van der Waals surface area contributed by atoms with E-state index in [-0.39, 0.29) is 11.2 Å². The molecule has 1 aliphatic heterocycles. The molecule has 0 aromatic heterocycles. The molecule has 1 aliphatic rings. The monoisotopic (exact) mass is 358 g/mol. The number of ether oxygens (including phenoxy) is 1. The van der Waals surface area contributed by atoms with Crippen LogP contribution in [0.2, 0.25) is 10.0 Å². The van der Waals surface area contributed by atoms with Gasteiger partial charge in [-0.15, -0.1) is 6.42 Å². The molecule has 2 unspecified atom stereocenters. The minimum absolute atomic E-state index is 0.00618. The first-order valence-electron chi connectivity index (χ1n) is 6.69. The highest BCUT2D eigenvalue weighted by atomic mass is 35.5. The number of benzene rings is 1. The maximum Gasteiger partial charge on any atom is 0.304 e. The highest BCUT2D eigenvalue weighted by Crippen LogP contribution is 2.43. The fourth-order valence-electron chi connectivity index (χ4n) is 1.95. The van der Waals surface area contributed by atoms with Crippen molar-refractivity contribution in [2.75, 3.05) is 5.01 Å². The third-order valence-corrected chi connectivity index (χ3v) is 5.04. The van der Waals surface area contributed by atoms with Gasteiger partial charge in [-0.1, -0.05) is 43.0 Å². The van der Waals surface area contributed by atoms with Crippen LogP contribution in [-0.2, 0) is 4.74 Å². The zero-order valence-electron chi connectivity index (χ0n) is 12.4. The third-order valence-electron chi connectivity index (χ3n) is 3.19. The van der Waals surface area contributed by atoms with Crippen molar-refractivity contribution < 1.29 is 9.53 Å². The van der Waals surface area contributed by atoms with Crippen LogP contribution in [0, 0.1) is 18.3 Å². The second-order valence-electron chi connectivity index (χ2n) is 5.16. The fourth-order valence-corrected chi connectivity index (χ4v) is 3.50. The van der Waals surface area contributed by atoms with E-state index in [0.29, 0.717) is 15.7 Å². The number of thioether (sulfide) groups is 1. The zero-order chi connectivity index (χ0) is 16.5. The van der Waals surface area contributed by atoms with Crippen LogP contribution in [0.4, 0.5) is 10.5 Å². The lowest BCUT2D eigenvalue weighted by Gasteiger charge is -2.33. The highest BCUT2D eigenvalue weighted by molar-refractivity contribution is 8.15. The standard InChI is InChI=1S/C15H16Cl2N2O2S/c1-5-10(4)21-15(9(2)3)18-19(14(20)22-15)13-7-6-11(16)8-12(13)17/h1,6-10,18H,2-4H3. The van der Waals surface area contributed by atoms with Gasteiger partial charge in [0.2, 0.25) is 0 Å². The number of terminal acetylenes is 1. The Bertz CT molecular complexity index is 632. The SMILES string of the molecule is C#CC(C)OC1(C(C)C)NN(c2ccc(Cl)cc2Cl)C(=O)S1. The molecule has 1 fully saturated rings. The number of carbonyl (C=O) groups excluding carboxylic acids is 1. The van der Waals surface area contributed by atoms with Gasteiger partial charge in [-0.3, -0.25) is 4.79 Å². The molecule has 0 bridgehead atoms. The van der Waals surface area contributed by atoms with E-state index >= 15 is 0 Å². The van der Waals surface area contributed by atoms with Gasteiger partial charge < -0.3 is 4.74 Å². The Labute approximate surface area is 144 Å². The lowest BCUT2D eigenvalue weighted by molar-refractivity contribution is -0.0461. The molecule has 1 saturated heterocycles. The molecule has 1 N–H and O–H groups in total. The summed E-state index contributed by atoms with van der Waals surface area (Å²) in [6.07, 6.45) is 4.95. The van der Waals surface area contributed by atoms with Crippen LogP contribution in [0.1, 0.15) is 20.8 Å². The molecule has 4 nitrogen and oxygen atoms in total. The first kappa shape index (κ1) is 17.5. The molecule has 1 amide bonds. The number of halogens is 2. The van der Waals surface area contributed by atoms with E-state index in [1.807, 2.05) is 13.8 Å². The zero-order valence-corrected chi connectivity index (χ0v) is 14.7. The smallest absolute Gasteiger partial charge is 0.304 e. The molecule has 1 aromatic rings. The van der Waals surface area contributed by atoms with Crippen molar-refractivity contribution >= 4 is 45.9 Å². The van der Waals surface area contributed by atoms with Crippen molar-refractivity contribution in [2.45, 2.75) is 31.9 Å². The summed E-state index contributed by atoms with van der Waals surface area (Å²) in [6.45, 7) is 5.65. The second kappa shape index (κ2) is 6.69. The third kappa shape index (κ3) is 3.37. The topological polar surface area (TPSA) is 41.6 Å². The summed E-state index contributed by atoms with van der Waals surface area (Å²) in [7, 11) is 0. The Kier molecular flexibility index (Phi) is 5.31. The van der Waals surface area contributed by atoms with Gasteiger partial charge in [0.1, 0.15) is 6.10 Å². The average Bonchev–Trinajstić information content (AvgIpc) is 2.76. The lowest BCUT2D eigenvalue weighted by atomic mass is 10.2. The summed E-state index contributed by atoms with van der Waals surface area (Å²) in [5.41, 5.74) is 3.61. The minimum Gasteiger partial charge on any atom is -0.333 e. The molecule has 7 heteroatoms. The van der Waals surface area contributed by atoms with E-state index in [0.717, 1.165) is 11.8 Å². The second-order valence-corrected chi connectivity index (χ2v) is 7.16. The molecule has 0 radical (unpaired) electrons. The maximum absolute atomic E-state index is 12.4. The Balaban J connectivity index is 2.33. The van der Waals surface area contributed by atoms with Gasteiger partial charge in [0.05, 0.1) is 10.7 Å². The summed E-state index contributed by atoms with van der Waals surface area (Å²) in [4.78, 5) is 12.4. The number of hydrogen-bond donors (Lipinski definition) is 1. The van der Waals surface area contributed by atoms with E-state index in [1.54, 1.807) is 25.1 Å². The lowest BCUT2D eigenvalue weighted by Crippen LogP contribution is -2.52. The Hall–Kier alpha value is -0.900. The number of anilines is 1. The Morgan fingerprint density at radius 1 is 1.41 bits per heavy atom. The van der Waals surface area contributed by atoms with Gasteiger partial charge in [0.25, 0.3) is 0 Å². The predicted octanol–water partition coefficient (Wildman–Crippen LogP) is 4.52. The number of hydrogen-bond acceptors (Lipinski definition) is 4.